The number of rotatable bonds is 4. The van der Waals surface area contributed by atoms with Gasteiger partial charge in [-0.05, 0) is 19.1 Å². The normalized spacial score (nSPS) is 13.9. The molecule has 0 heterocycles. The van der Waals surface area contributed by atoms with E-state index in [0.717, 1.165) is 5.75 Å². The maximum atomic E-state index is 8.74. The Morgan fingerprint density at radius 1 is 1.62 bits per heavy atom. The molecule has 0 rings (SSSR count). The molecule has 1 atom stereocenters. The molecule has 0 aliphatic rings. The minimum Gasteiger partial charge on any atom is -0.383 e. The third-order valence-electron chi connectivity index (χ3n) is 0.857. The number of aliphatic hydroxyl groups excluding tert-OH is 1. The molecule has 0 saturated carbocycles. The lowest BCUT2D eigenvalue weighted by atomic mass is 10.4. The number of hydrogen-bond donors (Lipinski definition) is 1. The first-order chi connectivity index (χ1) is 3.77. The maximum Gasteiger partial charge on any atom is 0.0964 e. The molecule has 1 nitrogen and oxygen atoms in total. The fraction of sp³-hybridized carbons (Fsp3) is 1.00. The van der Waals surface area contributed by atoms with Crippen molar-refractivity contribution in [2.75, 3.05) is 5.75 Å². The summed E-state index contributed by atoms with van der Waals surface area (Å²) in [5, 5.41) is 8.74. The molecule has 1 unspecified atom stereocenters. The van der Waals surface area contributed by atoms with Crippen LogP contribution in [0.5, 0.6) is 0 Å². The second-order valence-corrected chi connectivity index (χ2v) is 3.25. The molecule has 0 aliphatic carbocycles. The Morgan fingerprint density at radius 2 is 2.25 bits per heavy atom. The molecule has 0 saturated heterocycles. The Balaban J connectivity index is 2.72. The van der Waals surface area contributed by atoms with Crippen LogP contribution >= 0.6 is 11.8 Å². The van der Waals surface area contributed by atoms with Crippen LogP contribution in [0.2, 0.25) is 0 Å². The van der Waals surface area contributed by atoms with Gasteiger partial charge in [0.1, 0.15) is 0 Å². The molecule has 0 spiro atoms. The van der Waals surface area contributed by atoms with Gasteiger partial charge >= 0.3 is 0 Å². The Morgan fingerprint density at radius 3 is 2.62 bits per heavy atom. The van der Waals surface area contributed by atoms with Crippen molar-refractivity contribution in [2.24, 2.45) is 0 Å². The van der Waals surface area contributed by atoms with Gasteiger partial charge in [-0.25, -0.2) is 0 Å². The molecule has 0 aromatic carbocycles. The van der Waals surface area contributed by atoms with Crippen LogP contribution in [0.25, 0.3) is 0 Å². The van der Waals surface area contributed by atoms with E-state index in [0.29, 0.717) is 0 Å². The summed E-state index contributed by atoms with van der Waals surface area (Å²) in [7, 11) is 0. The predicted octanol–water partition coefficient (Wildman–Crippen LogP) is 1.86. The zero-order valence-electron chi connectivity index (χ0n) is 5.55. The number of thioether (sulfide) groups is 1. The van der Waals surface area contributed by atoms with E-state index in [1.165, 1.54) is 12.8 Å². The Kier molecular flexibility index (Phi) is 5.66. The second-order valence-electron chi connectivity index (χ2n) is 1.82. The van der Waals surface area contributed by atoms with E-state index in [9.17, 15) is 0 Å². The highest BCUT2D eigenvalue weighted by atomic mass is 32.2. The van der Waals surface area contributed by atoms with E-state index in [1.54, 1.807) is 18.7 Å². The van der Waals surface area contributed by atoms with Crippen LogP contribution in [-0.4, -0.2) is 16.3 Å². The van der Waals surface area contributed by atoms with Crippen LogP contribution in [0.1, 0.15) is 26.7 Å². The van der Waals surface area contributed by atoms with Crippen molar-refractivity contribution in [3.63, 3.8) is 0 Å². The van der Waals surface area contributed by atoms with Gasteiger partial charge in [0.05, 0.1) is 5.44 Å². The van der Waals surface area contributed by atoms with E-state index in [1.807, 2.05) is 0 Å². The molecule has 0 aliphatic heterocycles. The minimum atomic E-state index is -0.179. The molecular weight excluding hydrogens is 120 g/mol. The van der Waals surface area contributed by atoms with Gasteiger partial charge in [0.15, 0.2) is 0 Å². The van der Waals surface area contributed by atoms with Gasteiger partial charge in [0.2, 0.25) is 0 Å². The van der Waals surface area contributed by atoms with Crippen molar-refractivity contribution in [3.05, 3.63) is 0 Å². The lowest BCUT2D eigenvalue weighted by Gasteiger charge is -2.00. The molecule has 1 N–H and O–H groups in total. The second kappa shape index (κ2) is 5.45. The van der Waals surface area contributed by atoms with Gasteiger partial charge < -0.3 is 5.11 Å². The topological polar surface area (TPSA) is 20.2 Å². The first kappa shape index (κ1) is 8.31. The van der Waals surface area contributed by atoms with E-state index >= 15 is 0 Å². The van der Waals surface area contributed by atoms with Crippen LogP contribution in [-0.2, 0) is 0 Å². The summed E-state index contributed by atoms with van der Waals surface area (Å²) in [5.74, 6) is 1.09. The summed E-state index contributed by atoms with van der Waals surface area (Å²) >= 11 is 1.61. The van der Waals surface area contributed by atoms with Crippen molar-refractivity contribution >= 4 is 11.8 Å². The third kappa shape index (κ3) is 6.31. The Labute approximate surface area is 55.5 Å². The zero-order valence-corrected chi connectivity index (χ0v) is 6.37. The van der Waals surface area contributed by atoms with Crippen LogP contribution in [0.4, 0.5) is 0 Å². The quantitative estimate of drug-likeness (QED) is 0.468. The molecular formula is C6H14OS. The summed E-state index contributed by atoms with van der Waals surface area (Å²) in [6.07, 6.45) is 2.44. The van der Waals surface area contributed by atoms with E-state index in [-0.39, 0.29) is 5.44 Å². The first-order valence-corrected chi connectivity index (χ1v) is 4.12. The summed E-state index contributed by atoms with van der Waals surface area (Å²) in [5.41, 5.74) is -0.179. The summed E-state index contributed by atoms with van der Waals surface area (Å²) < 4.78 is 0. The minimum absolute atomic E-state index is 0.179. The van der Waals surface area contributed by atoms with Crippen molar-refractivity contribution < 1.29 is 5.11 Å². The van der Waals surface area contributed by atoms with Crippen LogP contribution in [0.15, 0.2) is 0 Å². The number of unbranched alkanes of at least 4 members (excludes halogenated alkanes) is 1. The van der Waals surface area contributed by atoms with Crippen molar-refractivity contribution in [2.45, 2.75) is 32.1 Å². The summed E-state index contributed by atoms with van der Waals surface area (Å²) in [6.45, 7) is 3.96. The average Bonchev–Trinajstić information content (AvgIpc) is 1.66. The molecule has 0 amide bonds. The fourth-order valence-corrected chi connectivity index (χ4v) is 1.19. The molecule has 0 aromatic heterocycles. The van der Waals surface area contributed by atoms with Gasteiger partial charge in [-0.3, -0.25) is 0 Å². The van der Waals surface area contributed by atoms with Crippen molar-refractivity contribution in [1.29, 1.82) is 0 Å². The van der Waals surface area contributed by atoms with Gasteiger partial charge in [0.25, 0.3) is 0 Å². The number of aliphatic hydroxyl groups is 1. The molecule has 2 heteroatoms. The average molecular weight is 134 g/mol. The Hall–Kier alpha value is 0.310. The van der Waals surface area contributed by atoms with Crippen LogP contribution in [0.3, 0.4) is 0 Å². The van der Waals surface area contributed by atoms with Crippen molar-refractivity contribution in [3.8, 4) is 0 Å². The molecule has 0 radical (unpaired) electrons. The lowest BCUT2D eigenvalue weighted by Crippen LogP contribution is -1.92. The van der Waals surface area contributed by atoms with Crippen LogP contribution in [0, 0.1) is 0 Å². The fourth-order valence-electron chi connectivity index (χ4n) is 0.398. The Bertz CT molecular complexity index is 45.8. The third-order valence-corrected chi connectivity index (χ3v) is 1.86. The van der Waals surface area contributed by atoms with Gasteiger partial charge in [0, 0.05) is 0 Å². The standard InChI is InChI=1S/C6H14OS/c1-3-4-5-8-6(2)7/h6-7H,3-5H2,1-2H3. The van der Waals surface area contributed by atoms with Gasteiger partial charge in [-0.2, -0.15) is 0 Å². The molecule has 0 aromatic rings. The monoisotopic (exact) mass is 134 g/mol. The maximum absolute atomic E-state index is 8.74. The smallest absolute Gasteiger partial charge is 0.0964 e. The highest BCUT2D eigenvalue weighted by Crippen LogP contribution is 2.08. The lowest BCUT2D eigenvalue weighted by molar-refractivity contribution is 0.284. The highest BCUT2D eigenvalue weighted by Gasteiger charge is 1.92. The SMILES string of the molecule is CCCCSC(C)O. The van der Waals surface area contributed by atoms with E-state index in [4.69, 9.17) is 5.11 Å². The molecule has 8 heavy (non-hydrogen) atoms. The molecule has 50 valence electrons. The number of hydrogen-bond acceptors (Lipinski definition) is 2. The first-order valence-electron chi connectivity index (χ1n) is 3.07. The highest BCUT2D eigenvalue weighted by molar-refractivity contribution is 7.99. The van der Waals surface area contributed by atoms with E-state index in [2.05, 4.69) is 6.92 Å². The zero-order chi connectivity index (χ0) is 6.41. The predicted molar refractivity (Wildman–Crippen MR) is 39.0 cm³/mol. The molecule has 0 bridgehead atoms. The molecule has 0 fully saturated rings. The summed E-state index contributed by atoms with van der Waals surface area (Å²) in [6, 6.07) is 0. The van der Waals surface area contributed by atoms with E-state index < -0.39 is 0 Å². The largest absolute Gasteiger partial charge is 0.383 e. The van der Waals surface area contributed by atoms with Crippen LogP contribution < -0.4 is 0 Å². The summed E-state index contributed by atoms with van der Waals surface area (Å²) in [4.78, 5) is 0. The van der Waals surface area contributed by atoms with Gasteiger partial charge in [-0.1, -0.05) is 13.3 Å². The van der Waals surface area contributed by atoms with Gasteiger partial charge in [-0.15, -0.1) is 11.8 Å². The van der Waals surface area contributed by atoms with Crippen molar-refractivity contribution in [1.82, 2.24) is 0 Å².